The van der Waals surface area contributed by atoms with E-state index in [0.717, 1.165) is 19.6 Å². The maximum atomic E-state index is 9.17. The van der Waals surface area contributed by atoms with Crippen LogP contribution in [-0.2, 0) is 4.74 Å². The second kappa shape index (κ2) is 7.25. The van der Waals surface area contributed by atoms with Gasteiger partial charge in [-0.1, -0.05) is 6.07 Å². The zero-order valence-electron chi connectivity index (χ0n) is 11.7. The highest BCUT2D eigenvalue weighted by atomic mass is 16.5. The molecule has 0 spiro atoms. The quantitative estimate of drug-likeness (QED) is 0.869. The molecule has 1 aliphatic rings. The van der Waals surface area contributed by atoms with Crippen molar-refractivity contribution in [3.8, 4) is 11.8 Å². The van der Waals surface area contributed by atoms with Gasteiger partial charge in [-0.2, -0.15) is 5.26 Å². The number of morpholine rings is 1. The smallest absolute Gasteiger partial charge is 0.120 e. The van der Waals surface area contributed by atoms with Gasteiger partial charge in [-0.25, -0.2) is 0 Å². The van der Waals surface area contributed by atoms with Gasteiger partial charge in [0, 0.05) is 19.6 Å². The standard InChI is InChI=1S/C15H20N2O3/c1-12-9-17(10-15(11-18)20-12)5-6-19-14-4-2-3-13(7-14)8-16/h2-4,7,12,15,18H,5-6,9-11H2,1H3. The first-order valence-electron chi connectivity index (χ1n) is 6.83. The van der Waals surface area contributed by atoms with Crippen molar-refractivity contribution < 1.29 is 14.6 Å². The van der Waals surface area contributed by atoms with E-state index in [9.17, 15) is 5.11 Å². The van der Waals surface area contributed by atoms with E-state index in [-0.39, 0.29) is 18.8 Å². The molecule has 1 aliphatic heterocycles. The van der Waals surface area contributed by atoms with E-state index in [1.807, 2.05) is 19.1 Å². The number of nitriles is 1. The Balaban J connectivity index is 1.79. The minimum Gasteiger partial charge on any atom is -0.492 e. The van der Waals surface area contributed by atoms with Gasteiger partial charge in [-0.15, -0.1) is 0 Å². The summed E-state index contributed by atoms with van der Waals surface area (Å²) in [4.78, 5) is 2.23. The first-order valence-corrected chi connectivity index (χ1v) is 6.83. The first kappa shape index (κ1) is 14.8. The first-order chi connectivity index (χ1) is 9.71. The van der Waals surface area contributed by atoms with E-state index in [1.165, 1.54) is 0 Å². The number of nitrogens with zero attached hydrogens (tertiary/aromatic N) is 2. The highest BCUT2D eigenvalue weighted by molar-refractivity contribution is 5.36. The molecule has 0 bridgehead atoms. The third-order valence-corrected chi connectivity index (χ3v) is 3.24. The highest BCUT2D eigenvalue weighted by Gasteiger charge is 2.24. The summed E-state index contributed by atoms with van der Waals surface area (Å²) in [7, 11) is 0. The Bertz CT molecular complexity index is 472. The summed E-state index contributed by atoms with van der Waals surface area (Å²) in [6.45, 7) is 4.96. The maximum Gasteiger partial charge on any atom is 0.120 e. The molecule has 0 saturated carbocycles. The van der Waals surface area contributed by atoms with Crippen LogP contribution in [0.15, 0.2) is 24.3 Å². The third kappa shape index (κ3) is 4.20. The summed E-state index contributed by atoms with van der Waals surface area (Å²) in [6.07, 6.45) is 0.0171. The Hall–Kier alpha value is -1.61. The fourth-order valence-corrected chi connectivity index (χ4v) is 2.37. The Morgan fingerprint density at radius 2 is 2.35 bits per heavy atom. The van der Waals surface area contributed by atoms with Crippen LogP contribution in [0.5, 0.6) is 5.75 Å². The number of hydrogen-bond donors (Lipinski definition) is 1. The third-order valence-electron chi connectivity index (χ3n) is 3.24. The Morgan fingerprint density at radius 3 is 3.10 bits per heavy atom. The van der Waals surface area contributed by atoms with Crippen LogP contribution in [-0.4, -0.2) is 55.1 Å². The molecule has 0 radical (unpaired) electrons. The molecule has 5 nitrogen and oxygen atoms in total. The molecule has 5 heteroatoms. The molecular formula is C15H20N2O3. The van der Waals surface area contributed by atoms with Gasteiger partial charge in [0.05, 0.1) is 30.4 Å². The average Bonchev–Trinajstić information content (AvgIpc) is 2.47. The Labute approximate surface area is 119 Å². The van der Waals surface area contributed by atoms with Crippen LogP contribution in [0, 0.1) is 11.3 Å². The summed E-state index contributed by atoms with van der Waals surface area (Å²) in [5, 5.41) is 18.0. The van der Waals surface area contributed by atoms with Crippen molar-refractivity contribution in [1.29, 1.82) is 5.26 Å². The second-order valence-electron chi connectivity index (χ2n) is 5.00. The van der Waals surface area contributed by atoms with Crippen molar-refractivity contribution in [2.75, 3.05) is 32.8 Å². The van der Waals surface area contributed by atoms with E-state index in [0.29, 0.717) is 17.9 Å². The molecular weight excluding hydrogens is 256 g/mol. The van der Waals surface area contributed by atoms with E-state index >= 15 is 0 Å². The van der Waals surface area contributed by atoms with Crippen LogP contribution in [0.3, 0.4) is 0 Å². The van der Waals surface area contributed by atoms with E-state index in [1.54, 1.807) is 12.1 Å². The van der Waals surface area contributed by atoms with Gasteiger partial charge in [0.15, 0.2) is 0 Å². The van der Waals surface area contributed by atoms with Gasteiger partial charge >= 0.3 is 0 Å². The van der Waals surface area contributed by atoms with Gasteiger partial charge in [-0.05, 0) is 25.1 Å². The number of aliphatic hydroxyl groups excluding tert-OH is 1. The Kier molecular flexibility index (Phi) is 5.36. The molecule has 0 amide bonds. The molecule has 0 aliphatic carbocycles. The number of rotatable bonds is 5. The monoisotopic (exact) mass is 276 g/mol. The second-order valence-corrected chi connectivity index (χ2v) is 5.00. The van der Waals surface area contributed by atoms with Gasteiger partial charge in [0.25, 0.3) is 0 Å². The summed E-state index contributed by atoms with van der Waals surface area (Å²) in [5.41, 5.74) is 0.600. The summed E-state index contributed by atoms with van der Waals surface area (Å²) in [6, 6.07) is 9.24. The average molecular weight is 276 g/mol. The molecule has 1 heterocycles. The molecule has 1 aromatic carbocycles. The predicted octanol–water partition coefficient (Wildman–Crippen LogP) is 1.02. The van der Waals surface area contributed by atoms with Gasteiger partial charge in [0.1, 0.15) is 12.4 Å². The van der Waals surface area contributed by atoms with Crippen molar-refractivity contribution in [2.45, 2.75) is 19.1 Å². The van der Waals surface area contributed by atoms with E-state index < -0.39 is 0 Å². The van der Waals surface area contributed by atoms with Crippen LogP contribution < -0.4 is 4.74 Å². The van der Waals surface area contributed by atoms with Gasteiger partial charge < -0.3 is 14.6 Å². The molecule has 1 aromatic rings. The summed E-state index contributed by atoms with van der Waals surface area (Å²) in [5.74, 6) is 0.712. The lowest BCUT2D eigenvalue weighted by molar-refractivity contribution is -0.0965. The molecule has 2 rings (SSSR count). The van der Waals surface area contributed by atoms with Crippen molar-refractivity contribution in [2.24, 2.45) is 0 Å². The molecule has 0 aromatic heterocycles. The van der Waals surface area contributed by atoms with Crippen molar-refractivity contribution >= 4 is 0 Å². The molecule has 1 N–H and O–H groups in total. The molecule has 1 fully saturated rings. The SMILES string of the molecule is CC1CN(CCOc2cccc(C#N)c2)CC(CO)O1. The molecule has 1 saturated heterocycles. The molecule has 2 atom stereocenters. The Morgan fingerprint density at radius 1 is 1.50 bits per heavy atom. The topological polar surface area (TPSA) is 65.7 Å². The summed E-state index contributed by atoms with van der Waals surface area (Å²) < 4.78 is 11.3. The zero-order chi connectivity index (χ0) is 14.4. The van der Waals surface area contributed by atoms with Crippen LogP contribution in [0.25, 0.3) is 0 Å². The largest absolute Gasteiger partial charge is 0.492 e. The number of aliphatic hydroxyl groups is 1. The lowest BCUT2D eigenvalue weighted by Crippen LogP contribution is -2.49. The van der Waals surface area contributed by atoms with Crippen molar-refractivity contribution in [3.05, 3.63) is 29.8 Å². The molecule has 108 valence electrons. The van der Waals surface area contributed by atoms with Gasteiger partial charge in [-0.3, -0.25) is 4.90 Å². The maximum absolute atomic E-state index is 9.17. The van der Waals surface area contributed by atoms with Crippen LogP contribution in [0.4, 0.5) is 0 Å². The van der Waals surface area contributed by atoms with Crippen LogP contribution >= 0.6 is 0 Å². The minimum absolute atomic E-state index is 0.0475. The molecule has 2 unspecified atom stereocenters. The van der Waals surface area contributed by atoms with Crippen LogP contribution in [0.1, 0.15) is 12.5 Å². The predicted molar refractivity (Wildman–Crippen MR) is 74.5 cm³/mol. The number of ether oxygens (including phenoxy) is 2. The minimum atomic E-state index is -0.110. The van der Waals surface area contributed by atoms with Crippen molar-refractivity contribution in [1.82, 2.24) is 4.90 Å². The van der Waals surface area contributed by atoms with Gasteiger partial charge in [0.2, 0.25) is 0 Å². The van der Waals surface area contributed by atoms with Crippen LogP contribution in [0.2, 0.25) is 0 Å². The van der Waals surface area contributed by atoms with E-state index in [4.69, 9.17) is 14.7 Å². The fourth-order valence-electron chi connectivity index (χ4n) is 2.37. The van der Waals surface area contributed by atoms with E-state index in [2.05, 4.69) is 11.0 Å². The van der Waals surface area contributed by atoms with Crippen molar-refractivity contribution in [3.63, 3.8) is 0 Å². The molecule has 20 heavy (non-hydrogen) atoms. The summed E-state index contributed by atoms with van der Waals surface area (Å²) >= 11 is 0. The lowest BCUT2D eigenvalue weighted by atomic mass is 10.2. The lowest BCUT2D eigenvalue weighted by Gasteiger charge is -2.35. The highest BCUT2D eigenvalue weighted by Crippen LogP contribution is 2.14. The zero-order valence-corrected chi connectivity index (χ0v) is 11.7. The number of benzene rings is 1. The normalized spacial score (nSPS) is 23.2. The number of hydrogen-bond acceptors (Lipinski definition) is 5. The fraction of sp³-hybridized carbons (Fsp3) is 0.533.